The zero-order chi connectivity index (χ0) is 37.4. The molecule has 1 atom stereocenters. The first-order valence-corrected chi connectivity index (χ1v) is 19.1. The summed E-state index contributed by atoms with van der Waals surface area (Å²) < 4.78 is 35.4. The maximum Gasteiger partial charge on any atom is 0.273 e. The first-order chi connectivity index (χ1) is 24.9. The molecule has 0 radical (unpaired) electrons. The number of hydrogen-bond donors (Lipinski definition) is 1. The van der Waals surface area contributed by atoms with Crippen molar-refractivity contribution < 1.29 is 27.7 Å². The van der Waals surface area contributed by atoms with Crippen LogP contribution in [-0.2, 0) is 32.6 Å². The summed E-state index contributed by atoms with van der Waals surface area (Å²) in [5.74, 6) is -1.03. The number of nitro groups is 1. The average Bonchev–Trinajstić information content (AvgIpc) is 3.13. The molecular formula is C38H40Cl2N4O7S. The van der Waals surface area contributed by atoms with Gasteiger partial charge in [0.05, 0.1) is 22.6 Å². The van der Waals surface area contributed by atoms with E-state index in [1.165, 1.54) is 49.3 Å². The molecule has 0 unspecified atom stereocenters. The first-order valence-electron chi connectivity index (χ1n) is 16.9. The second kappa shape index (κ2) is 17.2. The van der Waals surface area contributed by atoms with Crippen molar-refractivity contribution in [2.24, 2.45) is 0 Å². The minimum Gasteiger partial charge on any atom is -0.495 e. The fraction of sp³-hybridized carbons (Fsp3) is 0.316. The van der Waals surface area contributed by atoms with E-state index in [0.717, 1.165) is 48.0 Å². The van der Waals surface area contributed by atoms with Gasteiger partial charge in [0.1, 0.15) is 18.3 Å². The molecule has 11 nitrogen and oxygen atoms in total. The summed E-state index contributed by atoms with van der Waals surface area (Å²) in [5, 5.41) is 15.5. The van der Waals surface area contributed by atoms with Crippen molar-refractivity contribution >= 4 is 56.4 Å². The third-order valence-corrected chi connectivity index (χ3v) is 11.5. The second-order valence-electron chi connectivity index (χ2n) is 12.7. The van der Waals surface area contributed by atoms with Gasteiger partial charge in [0, 0.05) is 40.7 Å². The number of methoxy groups -OCH3 is 1. The van der Waals surface area contributed by atoms with Crippen LogP contribution in [0.2, 0.25) is 10.0 Å². The smallest absolute Gasteiger partial charge is 0.273 e. The van der Waals surface area contributed by atoms with Crippen LogP contribution in [0, 0.1) is 17.0 Å². The Bertz CT molecular complexity index is 2030. The summed E-state index contributed by atoms with van der Waals surface area (Å²) in [6.07, 6.45) is 4.78. The van der Waals surface area contributed by atoms with Crippen molar-refractivity contribution in [1.82, 2.24) is 10.2 Å². The van der Waals surface area contributed by atoms with E-state index in [1.807, 2.05) is 30.3 Å². The molecule has 1 fully saturated rings. The largest absolute Gasteiger partial charge is 0.495 e. The molecule has 0 saturated heterocycles. The molecule has 1 aliphatic carbocycles. The molecule has 0 heterocycles. The van der Waals surface area contributed by atoms with Crippen LogP contribution in [0.15, 0.2) is 95.9 Å². The van der Waals surface area contributed by atoms with E-state index in [4.69, 9.17) is 27.9 Å². The lowest BCUT2D eigenvalue weighted by atomic mass is 9.94. The van der Waals surface area contributed by atoms with Crippen molar-refractivity contribution in [3.05, 3.63) is 128 Å². The van der Waals surface area contributed by atoms with E-state index >= 15 is 0 Å². The number of amides is 2. The molecule has 274 valence electrons. The molecule has 1 saturated carbocycles. The van der Waals surface area contributed by atoms with Crippen LogP contribution in [-0.4, -0.2) is 55.8 Å². The van der Waals surface area contributed by atoms with Crippen molar-refractivity contribution in [1.29, 1.82) is 0 Å². The van der Waals surface area contributed by atoms with Gasteiger partial charge in [-0.2, -0.15) is 0 Å². The van der Waals surface area contributed by atoms with Crippen molar-refractivity contribution in [3.8, 4) is 5.75 Å². The third-order valence-electron chi connectivity index (χ3n) is 9.17. The van der Waals surface area contributed by atoms with Crippen LogP contribution in [0.4, 0.5) is 11.4 Å². The molecule has 52 heavy (non-hydrogen) atoms. The number of carbonyl (C=O) groups is 2. The van der Waals surface area contributed by atoms with E-state index in [0.29, 0.717) is 10.6 Å². The van der Waals surface area contributed by atoms with Gasteiger partial charge in [-0.25, -0.2) is 8.42 Å². The highest BCUT2D eigenvalue weighted by atomic mass is 35.5. The number of hydrogen-bond acceptors (Lipinski definition) is 7. The average molecular weight is 768 g/mol. The van der Waals surface area contributed by atoms with Crippen molar-refractivity contribution in [3.63, 3.8) is 0 Å². The van der Waals surface area contributed by atoms with Gasteiger partial charge in [0.2, 0.25) is 11.8 Å². The lowest BCUT2D eigenvalue weighted by molar-refractivity contribution is -0.385. The van der Waals surface area contributed by atoms with E-state index in [9.17, 15) is 28.1 Å². The van der Waals surface area contributed by atoms with Crippen molar-refractivity contribution in [2.75, 3.05) is 18.0 Å². The lowest BCUT2D eigenvalue weighted by Crippen LogP contribution is -2.55. The van der Waals surface area contributed by atoms with E-state index in [2.05, 4.69) is 5.32 Å². The standard InChI is InChI=1S/C38H40Cl2N4O7S/c1-26-17-19-31(23-33(26)44(47)48)52(49,50)43(34-22-29(39)18-20-36(34)51-2)25-37(45)42(24-28-13-9-10-16-32(28)40)35(21-27-11-5-3-6-12-27)38(46)41-30-14-7-4-8-15-30/h3,5-6,9-13,16-20,22-23,30,35H,4,7-8,14-15,21,24-25H2,1-2H3,(H,41,46)/t35-/m0/s1. The number of benzene rings is 4. The highest BCUT2D eigenvalue weighted by molar-refractivity contribution is 7.92. The number of carbonyl (C=O) groups excluding carboxylic acids is 2. The van der Waals surface area contributed by atoms with Crippen LogP contribution in [0.1, 0.15) is 48.8 Å². The summed E-state index contributed by atoms with van der Waals surface area (Å²) in [5.41, 5.74) is 1.11. The quantitative estimate of drug-likeness (QED) is 0.104. The maximum atomic E-state index is 14.9. The Hall–Kier alpha value is -4.65. The normalized spacial score (nSPS) is 13.9. The summed E-state index contributed by atoms with van der Waals surface area (Å²) in [6.45, 7) is 0.561. The molecule has 0 aromatic heterocycles. The van der Waals surface area contributed by atoms with Crippen LogP contribution in [0.25, 0.3) is 0 Å². The fourth-order valence-electron chi connectivity index (χ4n) is 6.35. The number of ether oxygens (including phenoxy) is 1. The zero-order valence-electron chi connectivity index (χ0n) is 28.8. The predicted molar refractivity (Wildman–Crippen MR) is 201 cm³/mol. The van der Waals surface area contributed by atoms with E-state index in [1.54, 1.807) is 24.3 Å². The number of nitro benzene ring substituents is 1. The molecule has 2 amide bonds. The van der Waals surface area contributed by atoms with Gasteiger partial charge in [0.25, 0.3) is 15.7 Å². The number of anilines is 1. The molecule has 14 heteroatoms. The highest BCUT2D eigenvalue weighted by Crippen LogP contribution is 2.36. The van der Waals surface area contributed by atoms with Gasteiger partial charge in [-0.15, -0.1) is 0 Å². The molecule has 1 N–H and O–H groups in total. The summed E-state index contributed by atoms with van der Waals surface area (Å²) in [4.78, 5) is 41.3. The van der Waals surface area contributed by atoms with Gasteiger partial charge < -0.3 is 15.0 Å². The lowest BCUT2D eigenvalue weighted by Gasteiger charge is -2.35. The topological polar surface area (TPSA) is 139 Å². The summed E-state index contributed by atoms with van der Waals surface area (Å²) in [7, 11) is -3.36. The first kappa shape index (κ1) is 38.6. The van der Waals surface area contributed by atoms with Crippen molar-refractivity contribution in [2.45, 2.75) is 69.0 Å². The van der Waals surface area contributed by atoms with Gasteiger partial charge in [-0.05, 0) is 61.2 Å². The van der Waals surface area contributed by atoms with Crippen LogP contribution < -0.4 is 14.4 Å². The molecule has 4 aromatic rings. The number of nitrogens with zero attached hydrogens (tertiary/aromatic N) is 3. The Morgan fingerprint density at radius 2 is 1.65 bits per heavy atom. The Kier molecular flexibility index (Phi) is 12.8. The van der Waals surface area contributed by atoms with Gasteiger partial charge in [0.15, 0.2) is 0 Å². The molecule has 5 rings (SSSR count). The SMILES string of the molecule is COc1ccc(Cl)cc1N(CC(=O)N(Cc1ccccc1Cl)[C@@H](Cc1ccccc1)C(=O)NC1CCCCC1)S(=O)(=O)c1ccc(C)c([N+](=O)[O-])c1. The molecule has 0 spiro atoms. The Morgan fingerprint density at radius 3 is 2.33 bits per heavy atom. The minimum absolute atomic E-state index is 0.0679. The Labute approximate surface area is 313 Å². The van der Waals surface area contributed by atoms with E-state index in [-0.39, 0.29) is 46.9 Å². The number of halogens is 2. The summed E-state index contributed by atoms with van der Waals surface area (Å²) >= 11 is 13.0. The predicted octanol–water partition coefficient (Wildman–Crippen LogP) is 7.50. The van der Waals surface area contributed by atoms with Gasteiger partial charge in [-0.3, -0.25) is 24.0 Å². The summed E-state index contributed by atoms with van der Waals surface area (Å²) in [6, 6.07) is 22.8. The maximum absolute atomic E-state index is 14.9. The van der Waals surface area contributed by atoms with E-state index < -0.39 is 44.0 Å². The van der Waals surface area contributed by atoms with Gasteiger partial charge in [-0.1, -0.05) is 97.1 Å². The molecule has 0 aliphatic heterocycles. The third kappa shape index (κ3) is 9.22. The number of aryl methyl sites for hydroxylation is 1. The molecule has 4 aromatic carbocycles. The molecular weight excluding hydrogens is 727 g/mol. The fourth-order valence-corrected chi connectivity index (χ4v) is 8.15. The minimum atomic E-state index is -4.70. The monoisotopic (exact) mass is 766 g/mol. The Balaban J connectivity index is 1.64. The molecule has 1 aliphatic rings. The second-order valence-corrected chi connectivity index (χ2v) is 15.4. The molecule has 0 bridgehead atoms. The zero-order valence-corrected chi connectivity index (χ0v) is 31.2. The number of nitrogens with one attached hydrogen (secondary N) is 1. The van der Waals surface area contributed by atoms with Crippen LogP contribution in [0.5, 0.6) is 5.75 Å². The number of rotatable bonds is 14. The van der Waals surface area contributed by atoms with Gasteiger partial charge >= 0.3 is 0 Å². The van der Waals surface area contributed by atoms with Crippen LogP contribution >= 0.6 is 23.2 Å². The highest BCUT2D eigenvalue weighted by Gasteiger charge is 2.37. The Morgan fingerprint density at radius 1 is 0.962 bits per heavy atom. The van der Waals surface area contributed by atoms with Crippen LogP contribution in [0.3, 0.4) is 0 Å². The number of sulfonamides is 1.